The van der Waals surface area contributed by atoms with Crippen LogP contribution in [0.25, 0.3) is 0 Å². The summed E-state index contributed by atoms with van der Waals surface area (Å²) < 4.78 is 0. The van der Waals surface area contributed by atoms with Crippen LogP contribution in [0.5, 0.6) is 0 Å². The van der Waals surface area contributed by atoms with Crippen LogP contribution in [-0.4, -0.2) is 30.5 Å². The summed E-state index contributed by atoms with van der Waals surface area (Å²) >= 11 is 7.70. The van der Waals surface area contributed by atoms with Gasteiger partial charge >= 0.3 is 0 Å². The Morgan fingerprint density at radius 1 is 1.45 bits per heavy atom. The van der Waals surface area contributed by atoms with Gasteiger partial charge in [-0.3, -0.25) is 4.79 Å². The third-order valence-corrected chi connectivity index (χ3v) is 4.16. The zero-order valence-corrected chi connectivity index (χ0v) is 15.8. The molecule has 0 bridgehead atoms. The number of rotatable bonds is 8. The fraction of sp³-hybridized carbons (Fsp3) is 0.562. The Hall–Kier alpha value is -0.420. The minimum Gasteiger partial charge on any atom is -0.354 e. The Balaban J connectivity index is 0.00000441. The Morgan fingerprint density at radius 2 is 2.14 bits per heavy atom. The molecule has 1 aromatic rings. The van der Waals surface area contributed by atoms with Crippen LogP contribution in [0.1, 0.15) is 25.8 Å². The third-order valence-electron chi connectivity index (χ3n) is 3.28. The van der Waals surface area contributed by atoms with Crippen molar-refractivity contribution in [3.8, 4) is 0 Å². The van der Waals surface area contributed by atoms with Crippen molar-refractivity contribution in [3.63, 3.8) is 0 Å². The van der Waals surface area contributed by atoms with Gasteiger partial charge in [0.2, 0.25) is 5.91 Å². The molecule has 22 heavy (non-hydrogen) atoms. The maximum absolute atomic E-state index is 11.9. The molecule has 0 aliphatic heterocycles. The summed E-state index contributed by atoms with van der Waals surface area (Å²) in [4.78, 5) is 11.9. The Bertz CT molecular complexity index is 469. The van der Waals surface area contributed by atoms with Gasteiger partial charge in [0, 0.05) is 11.6 Å². The van der Waals surface area contributed by atoms with Gasteiger partial charge < -0.3 is 11.1 Å². The molecule has 3 nitrogen and oxygen atoms in total. The molecule has 3 N–H and O–H groups in total. The topological polar surface area (TPSA) is 55.1 Å². The first-order valence-electron chi connectivity index (χ1n) is 7.11. The van der Waals surface area contributed by atoms with Gasteiger partial charge in [-0.1, -0.05) is 37.6 Å². The van der Waals surface area contributed by atoms with Gasteiger partial charge in [0.15, 0.2) is 0 Å². The first-order chi connectivity index (χ1) is 9.84. The lowest BCUT2D eigenvalue weighted by Crippen LogP contribution is -2.44. The molecule has 0 aliphatic carbocycles. The average Bonchev–Trinajstić information content (AvgIpc) is 2.41. The predicted octanol–water partition coefficient (Wildman–Crippen LogP) is 3.53. The lowest BCUT2D eigenvalue weighted by Gasteiger charge is -2.26. The summed E-state index contributed by atoms with van der Waals surface area (Å²) in [5.41, 5.74) is 6.99. The van der Waals surface area contributed by atoms with E-state index in [1.54, 1.807) is 11.8 Å². The highest BCUT2D eigenvalue weighted by atomic mass is 35.5. The monoisotopic (exact) mass is 364 g/mol. The number of benzene rings is 1. The number of nitrogens with two attached hydrogens (primary N) is 1. The fourth-order valence-corrected chi connectivity index (χ4v) is 2.80. The molecule has 0 saturated heterocycles. The molecular weight excluding hydrogens is 339 g/mol. The highest BCUT2D eigenvalue weighted by molar-refractivity contribution is 7.98. The number of hydrogen-bond donors (Lipinski definition) is 2. The van der Waals surface area contributed by atoms with E-state index < -0.39 is 6.04 Å². The van der Waals surface area contributed by atoms with Gasteiger partial charge in [0.1, 0.15) is 0 Å². The second-order valence-corrected chi connectivity index (χ2v) is 7.50. The van der Waals surface area contributed by atoms with Crippen LogP contribution in [0.15, 0.2) is 24.3 Å². The maximum Gasteiger partial charge on any atom is 0.236 e. The van der Waals surface area contributed by atoms with Crippen LogP contribution in [0.3, 0.4) is 0 Å². The second kappa shape index (κ2) is 10.4. The Morgan fingerprint density at radius 3 is 2.73 bits per heavy atom. The minimum atomic E-state index is -0.417. The van der Waals surface area contributed by atoms with Gasteiger partial charge in [0.25, 0.3) is 0 Å². The molecular formula is C16H26Cl2N2OS. The van der Waals surface area contributed by atoms with Gasteiger partial charge in [-0.05, 0) is 48.0 Å². The van der Waals surface area contributed by atoms with E-state index in [-0.39, 0.29) is 23.7 Å². The number of carbonyl (C=O) groups excluding carboxylic acids is 1. The lowest BCUT2D eigenvalue weighted by molar-refractivity contribution is -0.122. The van der Waals surface area contributed by atoms with Crippen molar-refractivity contribution in [2.75, 3.05) is 18.6 Å². The molecule has 0 aliphatic rings. The SMILES string of the molecule is CSCC[C@H](N)C(=O)NCC(C)(C)Cc1cccc(Cl)c1.Cl. The van der Waals surface area contributed by atoms with Crippen LogP contribution >= 0.6 is 35.8 Å². The van der Waals surface area contributed by atoms with Crippen LogP contribution in [0.2, 0.25) is 5.02 Å². The molecule has 6 heteroatoms. The van der Waals surface area contributed by atoms with E-state index in [2.05, 4.69) is 25.2 Å². The van der Waals surface area contributed by atoms with Crippen LogP contribution in [-0.2, 0) is 11.2 Å². The molecule has 1 atom stereocenters. The van der Waals surface area contributed by atoms with Crippen molar-refractivity contribution < 1.29 is 4.79 Å². The number of halogens is 2. The highest BCUT2D eigenvalue weighted by Crippen LogP contribution is 2.22. The van der Waals surface area contributed by atoms with E-state index in [4.69, 9.17) is 17.3 Å². The molecule has 0 aromatic heterocycles. The molecule has 0 heterocycles. The summed E-state index contributed by atoms with van der Waals surface area (Å²) in [5, 5.41) is 3.70. The van der Waals surface area contributed by atoms with Crippen molar-refractivity contribution in [3.05, 3.63) is 34.9 Å². The molecule has 1 aromatic carbocycles. The number of hydrogen-bond acceptors (Lipinski definition) is 3. The molecule has 126 valence electrons. The zero-order valence-electron chi connectivity index (χ0n) is 13.4. The molecule has 0 spiro atoms. The zero-order chi connectivity index (χ0) is 15.9. The van der Waals surface area contributed by atoms with Crippen molar-refractivity contribution in [1.29, 1.82) is 0 Å². The largest absolute Gasteiger partial charge is 0.354 e. The third kappa shape index (κ3) is 8.28. The van der Waals surface area contributed by atoms with E-state index in [0.717, 1.165) is 17.2 Å². The number of carbonyl (C=O) groups is 1. The molecule has 0 unspecified atom stereocenters. The maximum atomic E-state index is 11.9. The van der Waals surface area contributed by atoms with Crippen molar-refractivity contribution in [2.45, 2.75) is 32.7 Å². The predicted molar refractivity (Wildman–Crippen MR) is 100 cm³/mol. The van der Waals surface area contributed by atoms with Crippen LogP contribution in [0, 0.1) is 5.41 Å². The molecule has 1 amide bonds. The standard InChI is InChI=1S/C16H25ClN2OS.ClH/c1-16(2,10-12-5-4-6-13(17)9-12)11-19-15(20)14(18)7-8-21-3;/h4-6,9,14H,7-8,10-11,18H2,1-3H3,(H,19,20);1H/t14-;/m0./s1. The average molecular weight is 365 g/mol. The van der Waals surface area contributed by atoms with Gasteiger partial charge in [-0.25, -0.2) is 0 Å². The molecule has 0 saturated carbocycles. The van der Waals surface area contributed by atoms with E-state index in [1.807, 2.05) is 24.5 Å². The number of nitrogens with one attached hydrogen (secondary N) is 1. The van der Waals surface area contributed by atoms with Gasteiger partial charge in [-0.2, -0.15) is 11.8 Å². The summed E-state index contributed by atoms with van der Waals surface area (Å²) in [7, 11) is 0. The van der Waals surface area contributed by atoms with Crippen molar-refractivity contribution >= 4 is 41.7 Å². The fourth-order valence-electron chi connectivity index (χ4n) is 2.10. The normalized spacial score (nSPS) is 12.4. The van der Waals surface area contributed by atoms with Crippen LogP contribution in [0.4, 0.5) is 0 Å². The first kappa shape index (κ1) is 21.6. The lowest BCUT2D eigenvalue weighted by atomic mass is 9.85. The van der Waals surface area contributed by atoms with E-state index in [9.17, 15) is 4.79 Å². The van der Waals surface area contributed by atoms with Gasteiger partial charge in [0.05, 0.1) is 6.04 Å². The second-order valence-electron chi connectivity index (χ2n) is 6.08. The number of thioether (sulfide) groups is 1. The van der Waals surface area contributed by atoms with Crippen molar-refractivity contribution in [1.82, 2.24) is 5.32 Å². The summed E-state index contributed by atoms with van der Waals surface area (Å²) in [6.45, 7) is 4.86. The Kier molecular flexibility index (Phi) is 10.2. The van der Waals surface area contributed by atoms with Gasteiger partial charge in [-0.15, -0.1) is 12.4 Å². The summed E-state index contributed by atoms with van der Waals surface area (Å²) in [5.74, 6) is 0.837. The minimum absolute atomic E-state index is 0. The summed E-state index contributed by atoms with van der Waals surface area (Å²) in [6.07, 6.45) is 3.58. The Labute approximate surface area is 149 Å². The van der Waals surface area contributed by atoms with E-state index in [1.165, 1.54) is 5.56 Å². The van der Waals surface area contributed by atoms with Crippen molar-refractivity contribution in [2.24, 2.45) is 11.1 Å². The highest BCUT2D eigenvalue weighted by Gasteiger charge is 2.21. The number of amides is 1. The van der Waals surface area contributed by atoms with E-state index >= 15 is 0 Å². The van der Waals surface area contributed by atoms with E-state index in [0.29, 0.717) is 13.0 Å². The molecule has 0 fully saturated rings. The van der Waals surface area contributed by atoms with Crippen LogP contribution < -0.4 is 11.1 Å². The molecule has 0 radical (unpaired) electrons. The first-order valence-corrected chi connectivity index (χ1v) is 8.88. The molecule has 1 rings (SSSR count). The smallest absolute Gasteiger partial charge is 0.236 e. The quantitative estimate of drug-likeness (QED) is 0.741. The summed E-state index contributed by atoms with van der Waals surface area (Å²) in [6, 6.07) is 7.42.